The molecular formula is C17H16N2O4S. The molecular weight excluding hydrogens is 328 g/mol. The van der Waals surface area contributed by atoms with Crippen molar-refractivity contribution in [2.24, 2.45) is 0 Å². The highest BCUT2D eigenvalue weighted by molar-refractivity contribution is 7.91. The van der Waals surface area contributed by atoms with Crippen LogP contribution in [0.5, 0.6) is 5.75 Å². The van der Waals surface area contributed by atoms with Crippen LogP contribution in [0.2, 0.25) is 0 Å². The highest BCUT2D eigenvalue weighted by Crippen LogP contribution is 2.23. The molecule has 0 heterocycles. The van der Waals surface area contributed by atoms with Crippen LogP contribution in [0, 0.1) is 11.3 Å². The molecule has 0 spiro atoms. The van der Waals surface area contributed by atoms with Gasteiger partial charge in [-0.25, -0.2) is 8.42 Å². The molecule has 1 N–H and O–H groups in total. The van der Waals surface area contributed by atoms with E-state index in [1.54, 1.807) is 42.5 Å². The molecule has 6 nitrogen and oxygen atoms in total. The molecule has 0 saturated carbocycles. The first-order valence-electron chi connectivity index (χ1n) is 7.06. The van der Waals surface area contributed by atoms with Crippen molar-refractivity contribution in [1.29, 1.82) is 5.26 Å². The molecule has 0 radical (unpaired) electrons. The minimum atomic E-state index is -3.66. The molecule has 0 saturated heterocycles. The van der Waals surface area contributed by atoms with Crippen LogP contribution in [0.3, 0.4) is 0 Å². The second kappa shape index (κ2) is 7.62. The van der Waals surface area contributed by atoms with Crippen LogP contribution in [0.4, 0.5) is 5.69 Å². The first-order valence-corrected chi connectivity index (χ1v) is 8.88. The fourth-order valence-corrected chi connectivity index (χ4v) is 3.43. The number of carbonyl (C=O) groups excluding carboxylic acids is 1. The lowest BCUT2D eigenvalue weighted by Gasteiger charge is -2.10. The van der Waals surface area contributed by atoms with Crippen LogP contribution in [-0.2, 0) is 20.4 Å². The Kier molecular flexibility index (Phi) is 5.55. The third-order valence-electron chi connectivity index (χ3n) is 3.17. The summed E-state index contributed by atoms with van der Waals surface area (Å²) < 4.78 is 29.5. The predicted molar refractivity (Wildman–Crippen MR) is 90.3 cm³/mol. The summed E-state index contributed by atoms with van der Waals surface area (Å²) in [5.74, 6) is -1.15. The topological polar surface area (TPSA) is 96.3 Å². The van der Waals surface area contributed by atoms with Crippen molar-refractivity contribution in [2.45, 2.75) is 5.75 Å². The number of sulfone groups is 1. The van der Waals surface area contributed by atoms with Crippen LogP contribution in [-0.4, -0.2) is 27.2 Å². The van der Waals surface area contributed by atoms with Gasteiger partial charge in [0.25, 0.3) is 0 Å². The summed E-state index contributed by atoms with van der Waals surface area (Å²) in [4.78, 5) is 12.0. The average Bonchev–Trinajstić information content (AvgIpc) is 2.54. The van der Waals surface area contributed by atoms with E-state index in [2.05, 4.69) is 5.32 Å². The Hall–Kier alpha value is -2.85. The lowest BCUT2D eigenvalue weighted by Crippen LogP contribution is -2.24. The Morgan fingerprint density at radius 3 is 2.67 bits per heavy atom. The molecule has 24 heavy (non-hydrogen) atoms. The molecule has 0 bridgehead atoms. The van der Waals surface area contributed by atoms with Crippen molar-refractivity contribution in [3.63, 3.8) is 0 Å². The van der Waals surface area contributed by atoms with Gasteiger partial charge in [0.2, 0.25) is 5.91 Å². The van der Waals surface area contributed by atoms with Gasteiger partial charge in [0.15, 0.2) is 9.84 Å². The number of hydrogen-bond donors (Lipinski definition) is 1. The van der Waals surface area contributed by atoms with E-state index in [-0.39, 0.29) is 5.75 Å². The van der Waals surface area contributed by atoms with Gasteiger partial charge in [0.1, 0.15) is 11.5 Å². The molecule has 1 amide bonds. The van der Waals surface area contributed by atoms with Gasteiger partial charge >= 0.3 is 0 Å². The smallest absolute Gasteiger partial charge is 0.239 e. The van der Waals surface area contributed by atoms with Crippen molar-refractivity contribution >= 4 is 21.4 Å². The Labute approximate surface area is 140 Å². The first-order chi connectivity index (χ1) is 11.4. The molecule has 2 rings (SSSR count). The van der Waals surface area contributed by atoms with E-state index in [0.717, 1.165) is 0 Å². The number of rotatable bonds is 6. The van der Waals surface area contributed by atoms with E-state index >= 15 is 0 Å². The molecule has 0 atom stereocenters. The monoisotopic (exact) mass is 344 g/mol. The molecule has 0 aliphatic heterocycles. The molecule has 2 aromatic rings. The van der Waals surface area contributed by atoms with Crippen molar-refractivity contribution < 1.29 is 17.9 Å². The summed E-state index contributed by atoms with van der Waals surface area (Å²) in [6.07, 6.45) is 0. The number of benzene rings is 2. The molecule has 124 valence electrons. The van der Waals surface area contributed by atoms with Gasteiger partial charge in [-0.3, -0.25) is 4.79 Å². The van der Waals surface area contributed by atoms with E-state index in [1.807, 2.05) is 6.07 Å². The minimum Gasteiger partial charge on any atom is -0.495 e. The molecule has 2 aromatic carbocycles. The van der Waals surface area contributed by atoms with E-state index in [9.17, 15) is 13.2 Å². The summed E-state index contributed by atoms with van der Waals surface area (Å²) in [5.41, 5.74) is 1.26. The Balaban J connectivity index is 2.05. The molecule has 0 aliphatic carbocycles. The Morgan fingerprint density at radius 2 is 1.96 bits per heavy atom. The zero-order chi connectivity index (χ0) is 17.6. The lowest BCUT2D eigenvalue weighted by molar-refractivity contribution is -0.113. The lowest BCUT2D eigenvalue weighted by atomic mass is 10.2. The highest BCUT2D eigenvalue weighted by Gasteiger charge is 2.18. The number of ether oxygens (including phenoxy) is 1. The predicted octanol–water partition coefficient (Wildman–Crippen LogP) is 2.12. The summed E-state index contributed by atoms with van der Waals surface area (Å²) >= 11 is 0. The number of nitrogens with one attached hydrogen (secondary N) is 1. The summed E-state index contributed by atoms with van der Waals surface area (Å²) in [6, 6.07) is 15.0. The summed E-state index contributed by atoms with van der Waals surface area (Å²) in [6.45, 7) is 0. The van der Waals surface area contributed by atoms with Gasteiger partial charge < -0.3 is 10.1 Å². The van der Waals surface area contributed by atoms with E-state index in [4.69, 9.17) is 10.00 Å². The number of nitrogens with zero attached hydrogens (tertiary/aromatic N) is 1. The molecule has 0 unspecified atom stereocenters. The maximum atomic E-state index is 12.2. The van der Waals surface area contributed by atoms with Crippen molar-refractivity contribution in [3.05, 3.63) is 59.7 Å². The van der Waals surface area contributed by atoms with Gasteiger partial charge in [-0.05, 0) is 29.8 Å². The second-order valence-electron chi connectivity index (χ2n) is 5.09. The number of anilines is 1. The van der Waals surface area contributed by atoms with E-state index in [0.29, 0.717) is 22.6 Å². The van der Waals surface area contributed by atoms with Crippen molar-refractivity contribution in [3.8, 4) is 11.8 Å². The number of amides is 1. The van der Waals surface area contributed by atoms with E-state index in [1.165, 1.54) is 13.2 Å². The third kappa shape index (κ3) is 4.83. The maximum Gasteiger partial charge on any atom is 0.239 e. The third-order valence-corrected chi connectivity index (χ3v) is 4.65. The SMILES string of the molecule is COc1ccccc1NC(=O)CS(=O)(=O)Cc1cccc(C#N)c1. The van der Waals surface area contributed by atoms with Gasteiger partial charge in [-0.15, -0.1) is 0 Å². The normalized spacial score (nSPS) is 10.7. The van der Waals surface area contributed by atoms with Crippen molar-refractivity contribution in [2.75, 3.05) is 18.2 Å². The van der Waals surface area contributed by atoms with Crippen LogP contribution < -0.4 is 10.1 Å². The Bertz CT molecular complexity index is 885. The first kappa shape index (κ1) is 17.5. The van der Waals surface area contributed by atoms with Crippen LogP contribution in [0.25, 0.3) is 0 Å². The summed E-state index contributed by atoms with van der Waals surface area (Å²) in [5, 5.41) is 11.4. The van der Waals surface area contributed by atoms with Crippen LogP contribution >= 0.6 is 0 Å². The quantitative estimate of drug-likeness (QED) is 0.866. The maximum absolute atomic E-state index is 12.2. The largest absolute Gasteiger partial charge is 0.495 e. The molecule has 0 aliphatic rings. The fraction of sp³-hybridized carbons (Fsp3) is 0.176. The standard InChI is InChI=1S/C17H16N2O4S/c1-23-16-8-3-2-7-15(16)19-17(20)12-24(21,22)11-14-6-4-5-13(9-14)10-18/h2-9H,11-12H2,1H3,(H,19,20). The number of methoxy groups -OCH3 is 1. The van der Waals surface area contributed by atoms with Crippen LogP contribution in [0.15, 0.2) is 48.5 Å². The van der Waals surface area contributed by atoms with Crippen molar-refractivity contribution in [1.82, 2.24) is 0 Å². The fourth-order valence-electron chi connectivity index (χ4n) is 2.17. The van der Waals surface area contributed by atoms with Gasteiger partial charge in [-0.1, -0.05) is 24.3 Å². The van der Waals surface area contributed by atoms with E-state index < -0.39 is 21.5 Å². The Morgan fingerprint density at radius 1 is 1.21 bits per heavy atom. The van der Waals surface area contributed by atoms with Crippen LogP contribution in [0.1, 0.15) is 11.1 Å². The molecule has 0 fully saturated rings. The molecule has 7 heteroatoms. The number of carbonyl (C=O) groups is 1. The number of nitriles is 1. The molecule has 0 aromatic heterocycles. The minimum absolute atomic E-state index is 0.304. The average molecular weight is 344 g/mol. The summed E-state index contributed by atoms with van der Waals surface area (Å²) in [7, 11) is -2.20. The number of para-hydroxylation sites is 2. The van der Waals surface area contributed by atoms with Gasteiger partial charge in [-0.2, -0.15) is 5.26 Å². The zero-order valence-corrected chi connectivity index (χ0v) is 13.8. The number of hydrogen-bond acceptors (Lipinski definition) is 5. The van der Waals surface area contributed by atoms with Gasteiger partial charge in [0.05, 0.1) is 30.2 Å². The zero-order valence-electron chi connectivity index (χ0n) is 13.0. The van der Waals surface area contributed by atoms with Gasteiger partial charge in [0, 0.05) is 0 Å². The second-order valence-corrected chi connectivity index (χ2v) is 7.16. The highest BCUT2D eigenvalue weighted by atomic mass is 32.2.